The molecule has 0 aromatic carbocycles. The Hall–Kier alpha value is -0.820. The predicted octanol–water partition coefficient (Wildman–Crippen LogP) is -3.99. The highest BCUT2D eigenvalue weighted by molar-refractivity contribution is 9.09. The summed E-state index contributed by atoms with van der Waals surface area (Å²) in [6, 6.07) is 0. The molecule has 0 aliphatic rings. The largest absolute Gasteiger partial charge is 1.00 e. The maximum absolute atomic E-state index is 8.58. The van der Waals surface area contributed by atoms with Crippen molar-refractivity contribution in [3.05, 3.63) is 37.4 Å². The van der Waals surface area contributed by atoms with Crippen LogP contribution in [-0.4, -0.2) is 78.0 Å². The van der Waals surface area contributed by atoms with E-state index in [-0.39, 0.29) is 50.0 Å². The summed E-state index contributed by atoms with van der Waals surface area (Å²) in [7, 11) is 0. The van der Waals surface area contributed by atoms with Gasteiger partial charge in [0, 0.05) is 30.9 Å². The summed E-state index contributed by atoms with van der Waals surface area (Å²) in [5.41, 5.74) is 0. The number of alkyl halides is 1. The van der Waals surface area contributed by atoms with Crippen molar-refractivity contribution < 1.29 is 47.1 Å². The predicted molar refractivity (Wildman–Crippen MR) is 102 cm³/mol. The van der Waals surface area contributed by atoms with Crippen LogP contribution in [0, 0.1) is 0 Å². The van der Waals surface area contributed by atoms with Crippen LogP contribution in [0.4, 0.5) is 0 Å². The van der Waals surface area contributed by atoms with Crippen molar-refractivity contribution >= 4 is 15.9 Å². The molecule has 11 heteroatoms. The fourth-order valence-electron chi connectivity index (χ4n) is 1.47. The quantitative estimate of drug-likeness (QED) is 0.187. The fraction of sp³-hybridized carbons (Fsp3) is 0.625. The van der Waals surface area contributed by atoms with E-state index in [4.69, 9.17) is 25.5 Å². The van der Waals surface area contributed by atoms with Crippen molar-refractivity contribution in [1.29, 1.82) is 0 Å². The Bertz CT molecular complexity index is 464. The van der Waals surface area contributed by atoms with Crippen LogP contribution in [0.25, 0.3) is 0 Å². The standard InChI is InChI=1S/C7H13N2O2.C5H8N2O.C2H5BrO.C2H6O.BrH/c10-5-3-8-1-2-9(7-8)4-6-11;8-4-3-7-2-1-6-5-7;3-1-2-4;1-2-3;/h1-2,7,10-11H,3-6H2;1-2,5,8H,3-4H2;4H,1-2H2;3H,2H2,1H3;1H/q+1;;;;/p-1. The van der Waals surface area contributed by atoms with Gasteiger partial charge in [0.1, 0.15) is 25.5 Å². The number of imidazole rings is 2. The molecule has 0 bridgehead atoms. The molecule has 2 heterocycles. The number of halogens is 2. The van der Waals surface area contributed by atoms with E-state index in [2.05, 4.69) is 20.9 Å². The number of hydrogen-bond acceptors (Lipinski definition) is 6. The Morgan fingerprint density at radius 3 is 1.89 bits per heavy atom. The zero-order chi connectivity index (χ0) is 20.0. The Morgan fingerprint density at radius 1 is 0.926 bits per heavy atom. The smallest absolute Gasteiger partial charge is 0.243 e. The SMILES string of the molecule is CCO.OCCBr.OCCn1cc[n+](CCO)c1.OCCn1ccnc1.[Br-]. The van der Waals surface area contributed by atoms with Crippen LogP contribution in [0.5, 0.6) is 0 Å². The highest BCUT2D eigenvalue weighted by Crippen LogP contribution is 1.83. The zero-order valence-electron chi connectivity index (χ0n) is 15.6. The summed E-state index contributed by atoms with van der Waals surface area (Å²) in [6.07, 6.45) is 10.8. The molecule has 0 spiro atoms. The van der Waals surface area contributed by atoms with Crippen LogP contribution in [0.1, 0.15) is 6.92 Å². The van der Waals surface area contributed by atoms with Crippen molar-refractivity contribution in [2.75, 3.05) is 38.4 Å². The van der Waals surface area contributed by atoms with Crippen molar-refractivity contribution in [2.45, 2.75) is 26.6 Å². The van der Waals surface area contributed by atoms with Crippen LogP contribution in [-0.2, 0) is 19.6 Å². The van der Waals surface area contributed by atoms with E-state index in [1.165, 1.54) is 0 Å². The van der Waals surface area contributed by atoms with E-state index in [0.29, 0.717) is 25.0 Å². The number of aliphatic hydroxyl groups excluding tert-OH is 5. The summed E-state index contributed by atoms with van der Waals surface area (Å²) in [4.78, 5) is 3.79. The summed E-state index contributed by atoms with van der Waals surface area (Å²) in [5.74, 6) is 0. The van der Waals surface area contributed by atoms with Gasteiger partial charge in [-0.25, -0.2) is 14.1 Å². The van der Waals surface area contributed by atoms with Crippen molar-refractivity contribution in [2.24, 2.45) is 0 Å². The molecule has 0 saturated carbocycles. The van der Waals surface area contributed by atoms with Gasteiger partial charge in [0.2, 0.25) is 6.33 Å². The van der Waals surface area contributed by atoms with Gasteiger partial charge in [-0.05, 0) is 6.92 Å². The van der Waals surface area contributed by atoms with E-state index < -0.39 is 0 Å². The first-order chi connectivity index (χ1) is 12.6. The Morgan fingerprint density at radius 2 is 1.48 bits per heavy atom. The number of hydrogen-bond donors (Lipinski definition) is 5. The van der Waals surface area contributed by atoms with E-state index in [0.717, 1.165) is 0 Å². The van der Waals surface area contributed by atoms with Gasteiger partial charge in [-0.3, -0.25) is 0 Å². The summed E-state index contributed by atoms with van der Waals surface area (Å²) in [5, 5.41) is 41.6. The van der Waals surface area contributed by atoms with Gasteiger partial charge in [0.25, 0.3) is 0 Å². The normalized spacial score (nSPS) is 8.85. The average molecular weight is 520 g/mol. The maximum atomic E-state index is 8.58. The minimum atomic E-state index is 0. The van der Waals surface area contributed by atoms with Gasteiger partial charge in [-0.1, -0.05) is 15.9 Å². The molecule has 0 aliphatic carbocycles. The lowest BCUT2D eigenvalue weighted by Gasteiger charge is -1.92. The van der Waals surface area contributed by atoms with Crippen molar-refractivity contribution in [1.82, 2.24) is 14.1 Å². The molecule has 0 radical (unpaired) electrons. The molecule has 0 unspecified atom stereocenters. The van der Waals surface area contributed by atoms with Crippen LogP contribution < -0.4 is 21.5 Å². The van der Waals surface area contributed by atoms with Gasteiger partial charge < -0.3 is 47.1 Å². The molecule has 160 valence electrons. The summed E-state index contributed by atoms with van der Waals surface area (Å²) >= 11 is 3.00. The Balaban J connectivity index is -0.000000317. The molecule has 27 heavy (non-hydrogen) atoms. The maximum Gasteiger partial charge on any atom is 0.243 e. The van der Waals surface area contributed by atoms with Gasteiger partial charge >= 0.3 is 0 Å². The van der Waals surface area contributed by atoms with Crippen LogP contribution >= 0.6 is 15.9 Å². The van der Waals surface area contributed by atoms with E-state index in [1.807, 2.05) is 38.6 Å². The van der Waals surface area contributed by atoms with Crippen LogP contribution in [0.3, 0.4) is 0 Å². The third-order valence-electron chi connectivity index (χ3n) is 2.46. The molecule has 5 N–H and O–H groups in total. The topological polar surface area (TPSA) is 128 Å². The number of rotatable bonds is 7. The molecule has 0 aliphatic heterocycles. The fourth-order valence-corrected chi connectivity index (χ4v) is 1.47. The Kier molecular flexibility index (Phi) is 28.8. The zero-order valence-corrected chi connectivity index (χ0v) is 18.8. The first-order valence-corrected chi connectivity index (χ1v) is 9.36. The van der Waals surface area contributed by atoms with Gasteiger partial charge in [0.05, 0.1) is 32.8 Å². The lowest BCUT2D eigenvalue weighted by Crippen LogP contribution is -3.00. The van der Waals surface area contributed by atoms with Crippen molar-refractivity contribution in [3.8, 4) is 0 Å². The molecule has 0 saturated heterocycles. The van der Waals surface area contributed by atoms with Crippen molar-refractivity contribution in [3.63, 3.8) is 0 Å². The third-order valence-corrected chi connectivity index (χ3v) is 2.82. The number of aromatic nitrogens is 4. The Labute approximate surface area is 179 Å². The first kappa shape index (κ1) is 30.9. The van der Waals surface area contributed by atoms with E-state index in [9.17, 15) is 0 Å². The highest BCUT2D eigenvalue weighted by atomic mass is 79.9. The molecule has 0 atom stereocenters. The third kappa shape index (κ3) is 21.3. The molecule has 2 aromatic heterocycles. The summed E-state index contributed by atoms with van der Waals surface area (Å²) in [6.45, 7) is 4.49. The highest BCUT2D eigenvalue weighted by Gasteiger charge is 2.00. The lowest BCUT2D eigenvalue weighted by molar-refractivity contribution is -0.697. The summed E-state index contributed by atoms with van der Waals surface area (Å²) < 4.78 is 5.56. The second-order valence-electron chi connectivity index (χ2n) is 4.59. The monoisotopic (exact) mass is 518 g/mol. The molecule has 9 nitrogen and oxygen atoms in total. The van der Waals surface area contributed by atoms with Crippen LogP contribution in [0.15, 0.2) is 37.4 Å². The first-order valence-electron chi connectivity index (χ1n) is 8.24. The molecule has 2 aromatic rings. The van der Waals surface area contributed by atoms with Gasteiger partial charge in [-0.2, -0.15) is 0 Å². The van der Waals surface area contributed by atoms with E-state index in [1.54, 1.807) is 19.4 Å². The van der Waals surface area contributed by atoms with Crippen LogP contribution in [0.2, 0.25) is 0 Å². The minimum Gasteiger partial charge on any atom is -1.00 e. The molecule has 2 rings (SSSR count). The second kappa shape index (κ2) is 25.2. The molecular formula is C16H32Br2N4O5. The van der Waals surface area contributed by atoms with Gasteiger partial charge in [0.15, 0.2) is 0 Å². The molecule has 0 fully saturated rings. The minimum absolute atomic E-state index is 0. The van der Waals surface area contributed by atoms with Gasteiger partial charge in [-0.15, -0.1) is 0 Å². The second-order valence-corrected chi connectivity index (χ2v) is 5.38. The number of nitrogens with zero attached hydrogens (tertiary/aromatic N) is 4. The van der Waals surface area contributed by atoms with E-state index >= 15 is 0 Å². The molecular weight excluding hydrogens is 488 g/mol. The average Bonchev–Trinajstić information content (AvgIpc) is 3.30. The molecule has 0 amide bonds. The lowest BCUT2D eigenvalue weighted by atomic mass is 10.7. The number of aliphatic hydroxyl groups is 5.